The standard InChI is InChI=1S/C28H20ClF4N5O2/c1-3-40-21-14-22(29)37-38-25(24(36-26(21)38)16-7-8-20(30)15(2)11-16)17-9-10-34-23(13-17)35-27(39)18-5-4-6-19(12-18)28(31,32)33/h4-14H,3H2,1-2H3,(H,34,35,39). The summed E-state index contributed by atoms with van der Waals surface area (Å²) in [5, 5.41) is 7.07. The molecule has 5 rings (SSSR count). The number of hydrogen-bond acceptors (Lipinski definition) is 5. The third-order valence-electron chi connectivity index (χ3n) is 5.98. The molecule has 5 aromatic rings. The van der Waals surface area contributed by atoms with Gasteiger partial charge >= 0.3 is 6.18 Å². The summed E-state index contributed by atoms with van der Waals surface area (Å²) in [5.74, 6) is -0.707. The summed E-state index contributed by atoms with van der Waals surface area (Å²) in [6.07, 6.45) is -3.18. The fourth-order valence-electron chi connectivity index (χ4n) is 4.15. The first-order valence-electron chi connectivity index (χ1n) is 12.0. The molecule has 0 saturated heterocycles. The van der Waals surface area contributed by atoms with Crippen molar-refractivity contribution < 1.29 is 27.1 Å². The van der Waals surface area contributed by atoms with E-state index in [-0.39, 0.29) is 22.4 Å². The second kappa shape index (κ2) is 10.6. The molecule has 0 fully saturated rings. The van der Waals surface area contributed by atoms with E-state index in [1.807, 2.05) is 0 Å². The number of carbonyl (C=O) groups is 1. The van der Waals surface area contributed by atoms with Crippen LogP contribution in [0, 0.1) is 12.7 Å². The topological polar surface area (TPSA) is 81.4 Å². The Morgan fingerprint density at radius 2 is 1.88 bits per heavy atom. The van der Waals surface area contributed by atoms with E-state index in [1.54, 1.807) is 32.0 Å². The predicted octanol–water partition coefficient (Wildman–Crippen LogP) is 7.23. The number of pyridine rings is 1. The Bertz CT molecular complexity index is 1750. The van der Waals surface area contributed by atoms with E-state index < -0.39 is 17.6 Å². The molecule has 0 radical (unpaired) electrons. The van der Waals surface area contributed by atoms with E-state index in [1.165, 1.54) is 35.0 Å². The number of anilines is 1. The van der Waals surface area contributed by atoms with Gasteiger partial charge in [-0.1, -0.05) is 17.7 Å². The minimum Gasteiger partial charge on any atom is -0.490 e. The van der Waals surface area contributed by atoms with Crippen molar-refractivity contribution in [2.75, 3.05) is 11.9 Å². The average Bonchev–Trinajstić information content (AvgIpc) is 3.29. The predicted molar refractivity (Wildman–Crippen MR) is 142 cm³/mol. The van der Waals surface area contributed by atoms with E-state index in [9.17, 15) is 22.4 Å². The van der Waals surface area contributed by atoms with Gasteiger partial charge in [-0.2, -0.15) is 18.3 Å². The van der Waals surface area contributed by atoms with Crippen molar-refractivity contribution in [3.63, 3.8) is 0 Å². The van der Waals surface area contributed by atoms with Gasteiger partial charge in [-0.25, -0.2) is 18.9 Å². The van der Waals surface area contributed by atoms with Crippen molar-refractivity contribution in [1.82, 2.24) is 19.6 Å². The number of alkyl halides is 3. The minimum absolute atomic E-state index is 0.0724. The largest absolute Gasteiger partial charge is 0.490 e. The van der Waals surface area contributed by atoms with Crippen molar-refractivity contribution >= 4 is 29.0 Å². The second-order valence-electron chi connectivity index (χ2n) is 8.74. The fourth-order valence-corrected chi connectivity index (χ4v) is 4.33. The summed E-state index contributed by atoms with van der Waals surface area (Å²) in [4.78, 5) is 21.7. The molecule has 204 valence electrons. The van der Waals surface area contributed by atoms with Crippen molar-refractivity contribution in [2.45, 2.75) is 20.0 Å². The molecule has 0 atom stereocenters. The number of amides is 1. The lowest BCUT2D eigenvalue weighted by atomic mass is 10.0. The summed E-state index contributed by atoms with van der Waals surface area (Å²) >= 11 is 6.29. The van der Waals surface area contributed by atoms with Gasteiger partial charge in [0.25, 0.3) is 5.91 Å². The lowest BCUT2D eigenvalue weighted by Gasteiger charge is -2.11. The van der Waals surface area contributed by atoms with Crippen LogP contribution in [0.5, 0.6) is 5.75 Å². The Morgan fingerprint density at radius 3 is 2.60 bits per heavy atom. The van der Waals surface area contributed by atoms with E-state index in [0.29, 0.717) is 46.1 Å². The van der Waals surface area contributed by atoms with Gasteiger partial charge in [0, 0.05) is 29.0 Å². The van der Waals surface area contributed by atoms with E-state index in [2.05, 4.69) is 15.4 Å². The molecule has 40 heavy (non-hydrogen) atoms. The quantitative estimate of drug-likeness (QED) is 0.218. The zero-order chi connectivity index (χ0) is 28.6. The zero-order valence-corrected chi connectivity index (χ0v) is 21.8. The highest BCUT2D eigenvalue weighted by Gasteiger charge is 2.31. The Kier molecular flexibility index (Phi) is 7.16. The van der Waals surface area contributed by atoms with Crippen molar-refractivity contribution in [3.05, 3.63) is 94.5 Å². The molecule has 0 unspecified atom stereocenters. The number of aryl methyl sites for hydroxylation is 1. The number of rotatable bonds is 6. The Hall–Kier alpha value is -4.51. The van der Waals surface area contributed by atoms with Crippen molar-refractivity contribution in [2.24, 2.45) is 0 Å². The average molecular weight is 570 g/mol. The number of ether oxygens (including phenoxy) is 1. The fraction of sp³-hybridized carbons (Fsp3) is 0.143. The van der Waals surface area contributed by atoms with Gasteiger partial charge in [-0.3, -0.25) is 4.79 Å². The van der Waals surface area contributed by atoms with Crippen LogP contribution >= 0.6 is 11.6 Å². The molecule has 7 nitrogen and oxygen atoms in total. The molecule has 0 spiro atoms. The zero-order valence-electron chi connectivity index (χ0n) is 21.1. The van der Waals surface area contributed by atoms with Crippen LogP contribution in [-0.4, -0.2) is 32.1 Å². The minimum atomic E-state index is -4.60. The molecule has 0 aliphatic heterocycles. The highest BCUT2D eigenvalue weighted by atomic mass is 35.5. The van der Waals surface area contributed by atoms with Gasteiger partial charge in [0.1, 0.15) is 17.3 Å². The maximum absolute atomic E-state index is 14.1. The molecule has 0 aliphatic rings. The molecule has 1 amide bonds. The van der Waals surface area contributed by atoms with Crippen LogP contribution in [0.15, 0.2) is 66.9 Å². The number of carbonyl (C=O) groups excluding carboxylic acids is 1. The van der Waals surface area contributed by atoms with Gasteiger partial charge < -0.3 is 10.1 Å². The lowest BCUT2D eigenvalue weighted by Crippen LogP contribution is -2.14. The molecule has 0 aliphatic carbocycles. The Balaban J connectivity index is 1.62. The number of nitrogens with zero attached hydrogens (tertiary/aromatic N) is 4. The number of imidazole rings is 1. The number of aromatic nitrogens is 4. The molecular weight excluding hydrogens is 550 g/mol. The summed E-state index contributed by atoms with van der Waals surface area (Å²) < 4.78 is 60.7. The number of hydrogen-bond donors (Lipinski definition) is 1. The van der Waals surface area contributed by atoms with Crippen molar-refractivity contribution in [1.29, 1.82) is 0 Å². The first kappa shape index (κ1) is 27.1. The highest BCUT2D eigenvalue weighted by Crippen LogP contribution is 2.37. The Labute approximate surface area is 230 Å². The summed E-state index contributed by atoms with van der Waals surface area (Å²) in [7, 11) is 0. The summed E-state index contributed by atoms with van der Waals surface area (Å²) in [6.45, 7) is 3.77. The molecule has 1 N–H and O–H groups in total. The van der Waals surface area contributed by atoms with Crippen LogP contribution in [0.4, 0.5) is 23.4 Å². The van der Waals surface area contributed by atoms with Gasteiger partial charge in [0.15, 0.2) is 16.5 Å². The molecule has 0 saturated carbocycles. The maximum Gasteiger partial charge on any atom is 0.416 e. The Morgan fingerprint density at radius 1 is 1.07 bits per heavy atom. The number of fused-ring (bicyclic) bond motifs is 1. The second-order valence-corrected chi connectivity index (χ2v) is 9.12. The van der Waals surface area contributed by atoms with Gasteiger partial charge in [0.2, 0.25) is 0 Å². The van der Waals surface area contributed by atoms with Crippen LogP contribution in [0.25, 0.3) is 28.2 Å². The first-order valence-corrected chi connectivity index (χ1v) is 12.4. The number of benzene rings is 2. The SMILES string of the molecule is CCOc1cc(Cl)nn2c(-c3ccnc(NC(=O)c4cccc(C(F)(F)F)c4)c3)c(-c3ccc(F)c(C)c3)nc12. The van der Waals surface area contributed by atoms with E-state index in [0.717, 1.165) is 18.2 Å². The number of nitrogens with one attached hydrogen (secondary N) is 1. The third-order valence-corrected chi connectivity index (χ3v) is 6.16. The van der Waals surface area contributed by atoms with E-state index >= 15 is 0 Å². The van der Waals surface area contributed by atoms with Crippen LogP contribution in [-0.2, 0) is 6.18 Å². The summed E-state index contributed by atoms with van der Waals surface area (Å²) in [5.41, 5.74) is 1.58. The van der Waals surface area contributed by atoms with Gasteiger partial charge in [0.05, 0.1) is 17.9 Å². The van der Waals surface area contributed by atoms with Crippen LogP contribution in [0.2, 0.25) is 5.15 Å². The number of halogens is 5. The smallest absolute Gasteiger partial charge is 0.416 e. The van der Waals surface area contributed by atoms with Crippen LogP contribution < -0.4 is 10.1 Å². The monoisotopic (exact) mass is 569 g/mol. The normalized spacial score (nSPS) is 11.6. The van der Waals surface area contributed by atoms with Crippen LogP contribution in [0.3, 0.4) is 0 Å². The van der Waals surface area contributed by atoms with Gasteiger partial charge in [-0.15, -0.1) is 0 Å². The summed E-state index contributed by atoms with van der Waals surface area (Å²) in [6, 6.07) is 13.3. The maximum atomic E-state index is 14.1. The van der Waals surface area contributed by atoms with Crippen molar-refractivity contribution in [3.8, 4) is 28.3 Å². The highest BCUT2D eigenvalue weighted by molar-refractivity contribution is 6.29. The molecule has 2 aromatic carbocycles. The first-order chi connectivity index (χ1) is 19.0. The molecule has 0 bridgehead atoms. The van der Waals surface area contributed by atoms with E-state index in [4.69, 9.17) is 21.3 Å². The van der Waals surface area contributed by atoms with Gasteiger partial charge in [-0.05, 0) is 67.9 Å². The molecule has 3 aromatic heterocycles. The molecule has 12 heteroatoms. The third kappa shape index (κ3) is 5.32. The lowest BCUT2D eigenvalue weighted by molar-refractivity contribution is -0.137. The van der Waals surface area contributed by atoms with Crippen LogP contribution in [0.1, 0.15) is 28.4 Å². The molecular formula is C28H20ClF4N5O2. The molecule has 3 heterocycles.